The third kappa shape index (κ3) is 6.18. The van der Waals surface area contributed by atoms with Crippen LogP contribution >= 0.6 is 0 Å². The van der Waals surface area contributed by atoms with Gasteiger partial charge in [0.05, 0.1) is 38.6 Å². The van der Waals surface area contributed by atoms with E-state index in [0.29, 0.717) is 30.0 Å². The van der Waals surface area contributed by atoms with E-state index >= 15 is 4.39 Å². The molecule has 0 spiro atoms. The fourth-order valence-corrected chi connectivity index (χ4v) is 5.02. The van der Waals surface area contributed by atoms with Gasteiger partial charge in [-0.15, -0.1) is 0 Å². The number of alkyl halides is 3. The van der Waals surface area contributed by atoms with Crippen LogP contribution in [0.25, 0.3) is 33.4 Å². The number of carbonyl (C=O) groups excluding carboxylic acids is 1. The highest BCUT2D eigenvalue weighted by Gasteiger charge is 2.35. The van der Waals surface area contributed by atoms with Crippen LogP contribution in [-0.2, 0) is 22.1 Å². The fourth-order valence-electron chi connectivity index (χ4n) is 5.02. The van der Waals surface area contributed by atoms with Gasteiger partial charge in [-0.1, -0.05) is 12.1 Å². The molecule has 1 saturated heterocycles. The van der Waals surface area contributed by atoms with Crippen LogP contribution in [0.1, 0.15) is 11.1 Å². The number of hydrogen-bond donors (Lipinski definition) is 2. The highest BCUT2D eigenvalue weighted by molar-refractivity contribution is 5.92. The van der Waals surface area contributed by atoms with E-state index in [-0.39, 0.29) is 17.7 Å². The third-order valence-electron chi connectivity index (χ3n) is 7.21. The van der Waals surface area contributed by atoms with Crippen LogP contribution in [0, 0.1) is 5.82 Å². The molecule has 6 rings (SSSR count). The number of ether oxygens (including phenoxy) is 2. The number of rotatable bonds is 7. The molecule has 0 unspecified atom stereocenters. The van der Waals surface area contributed by atoms with Crippen LogP contribution < -0.4 is 15.0 Å². The van der Waals surface area contributed by atoms with Crippen LogP contribution in [0.15, 0.2) is 67.1 Å². The first-order valence-corrected chi connectivity index (χ1v) is 13.7. The molecule has 0 bridgehead atoms. The Morgan fingerprint density at radius 2 is 1.80 bits per heavy atom. The van der Waals surface area contributed by atoms with E-state index in [1.807, 2.05) is 24.3 Å². The van der Waals surface area contributed by atoms with Crippen molar-refractivity contribution in [3.05, 3.63) is 84.1 Å². The zero-order valence-corrected chi connectivity index (χ0v) is 23.4. The van der Waals surface area contributed by atoms with Gasteiger partial charge in [0.1, 0.15) is 22.8 Å². The SMILES string of the molecule is COc1ncc(NC(=O)Cc2ccc(-c3cnc4[nH]c(-c5ccc(N6CCOCC6)nc5)cc4c3)c(F)c2)cc1C(F)(F)F. The molecule has 9 nitrogen and oxygen atoms in total. The Labute approximate surface area is 248 Å². The molecule has 4 aromatic heterocycles. The minimum absolute atomic E-state index is 0.158. The highest BCUT2D eigenvalue weighted by atomic mass is 19.4. The lowest BCUT2D eigenvalue weighted by Crippen LogP contribution is -2.36. The number of halogens is 4. The summed E-state index contributed by atoms with van der Waals surface area (Å²) in [6.07, 6.45) is -0.569. The third-order valence-corrected chi connectivity index (χ3v) is 7.21. The number of anilines is 2. The molecule has 1 aliphatic heterocycles. The van der Waals surface area contributed by atoms with E-state index in [9.17, 15) is 18.0 Å². The van der Waals surface area contributed by atoms with Gasteiger partial charge in [-0.05, 0) is 42.0 Å². The van der Waals surface area contributed by atoms with Crippen molar-refractivity contribution in [2.45, 2.75) is 12.6 Å². The molecule has 1 aliphatic rings. The molecule has 5 heterocycles. The minimum atomic E-state index is -4.72. The largest absolute Gasteiger partial charge is 0.481 e. The molecule has 1 amide bonds. The topological polar surface area (TPSA) is 105 Å². The maximum Gasteiger partial charge on any atom is 0.421 e. The fraction of sp³-hybridized carbons (Fsp3) is 0.226. The average Bonchev–Trinajstić information content (AvgIpc) is 3.45. The molecule has 1 fully saturated rings. The highest BCUT2D eigenvalue weighted by Crippen LogP contribution is 2.36. The lowest BCUT2D eigenvalue weighted by atomic mass is 10.0. The molecule has 44 heavy (non-hydrogen) atoms. The summed E-state index contributed by atoms with van der Waals surface area (Å²) in [6.45, 7) is 2.94. The summed E-state index contributed by atoms with van der Waals surface area (Å²) < 4.78 is 65.1. The first kappa shape index (κ1) is 29.1. The molecule has 5 aromatic rings. The van der Waals surface area contributed by atoms with Crippen LogP contribution in [0.3, 0.4) is 0 Å². The second kappa shape index (κ2) is 11.9. The number of nitrogens with one attached hydrogen (secondary N) is 2. The van der Waals surface area contributed by atoms with Crippen molar-refractivity contribution in [1.82, 2.24) is 19.9 Å². The van der Waals surface area contributed by atoms with Crippen LogP contribution in [-0.4, -0.2) is 59.3 Å². The molecule has 2 N–H and O–H groups in total. The summed E-state index contributed by atoms with van der Waals surface area (Å²) >= 11 is 0. The Morgan fingerprint density at radius 1 is 1.00 bits per heavy atom. The van der Waals surface area contributed by atoms with Crippen molar-refractivity contribution in [1.29, 1.82) is 0 Å². The van der Waals surface area contributed by atoms with Gasteiger partial charge in [0.2, 0.25) is 11.8 Å². The summed E-state index contributed by atoms with van der Waals surface area (Å²) in [5, 5.41) is 3.15. The van der Waals surface area contributed by atoms with Crippen LogP contribution in [0.4, 0.5) is 29.1 Å². The van der Waals surface area contributed by atoms with E-state index in [1.165, 1.54) is 6.07 Å². The van der Waals surface area contributed by atoms with Crippen molar-refractivity contribution in [2.75, 3.05) is 43.6 Å². The van der Waals surface area contributed by atoms with Gasteiger partial charge in [-0.25, -0.2) is 19.3 Å². The molecule has 0 radical (unpaired) electrons. The molecular formula is C31H26F4N6O3. The smallest absolute Gasteiger partial charge is 0.421 e. The number of amides is 1. The van der Waals surface area contributed by atoms with Crippen molar-refractivity contribution < 1.29 is 31.8 Å². The first-order valence-electron chi connectivity index (χ1n) is 13.7. The number of benzene rings is 1. The lowest BCUT2D eigenvalue weighted by molar-refractivity contribution is -0.139. The zero-order valence-electron chi connectivity index (χ0n) is 23.4. The second-order valence-corrected chi connectivity index (χ2v) is 10.2. The number of methoxy groups -OCH3 is 1. The van der Waals surface area contributed by atoms with E-state index in [4.69, 9.17) is 4.74 Å². The Bertz CT molecular complexity index is 1820. The molecule has 13 heteroatoms. The van der Waals surface area contributed by atoms with E-state index in [2.05, 4.69) is 34.9 Å². The number of aromatic nitrogens is 4. The number of fused-ring (bicyclic) bond motifs is 1. The molecule has 0 atom stereocenters. The standard InChI is InChI=1S/C31H26F4N6O3/c1-43-30-24(31(33,34)35)14-22(17-38-30)39-28(42)11-18-2-4-23(25(32)10-18)21-12-20-13-26(40-29(20)37-16-21)19-3-5-27(36-15-19)41-6-8-44-9-7-41/h2-5,10,12-17H,6-9,11H2,1H3,(H,37,40)(H,39,42). The van der Waals surface area contributed by atoms with Crippen molar-refractivity contribution >= 4 is 28.4 Å². The number of morpholine rings is 1. The lowest BCUT2D eigenvalue weighted by Gasteiger charge is -2.27. The summed E-state index contributed by atoms with van der Waals surface area (Å²) in [5.74, 6) is -0.918. The van der Waals surface area contributed by atoms with Gasteiger partial charge >= 0.3 is 6.18 Å². The molecule has 226 valence electrons. The number of carbonyl (C=O) groups is 1. The molecule has 1 aromatic carbocycles. The summed E-state index contributed by atoms with van der Waals surface area (Å²) in [4.78, 5) is 30.6. The van der Waals surface area contributed by atoms with Crippen LogP contribution in [0.5, 0.6) is 5.88 Å². The summed E-state index contributed by atoms with van der Waals surface area (Å²) in [6, 6.07) is 12.8. The minimum Gasteiger partial charge on any atom is -0.481 e. The number of pyridine rings is 3. The summed E-state index contributed by atoms with van der Waals surface area (Å²) in [7, 11) is 1.07. The maximum atomic E-state index is 15.2. The quantitative estimate of drug-likeness (QED) is 0.223. The van der Waals surface area contributed by atoms with Gasteiger partial charge in [-0.3, -0.25) is 4.79 Å². The number of aromatic amines is 1. The first-order chi connectivity index (χ1) is 21.2. The van der Waals surface area contributed by atoms with Gasteiger partial charge in [0.25, 0.3) is 0 Å². The van der Waals surface area contributed by atoms with Gasteiger partial charge < -0.3 is 24.7 Å². The molecule has 0 aliphatic carbocycles. The van der Waals surface area contributed by atoms with E-state index in [1.54, 1.807) is 24.5 Å². The van der Waals surface area contributed by atoms with Crippen molar-refractivity contribution in [2.24, 2.45) is 0 Å². The van der Waals surface area contributed by atoms with Crippen molar-refractivity contribution in [3.8, 4) is 28.3 Å². The van der Waals surface area contributed by atoms with Gasteiger partial charge in [-0.2, -0.15) is 13.2 Å². The normalized spacial score (nSPS) is 13.7. The van der Waals surface area contributed by atoms with Crippen LogP contribution in [0.2, 0.25) is 0 Å². The molecular weight excluding hydrogens is 580 g/mol. The second-order valence-electron chi connectivity index (χ2n) is 10.2. The van der Waals surface area contributed by atoms with E-state index in [0.717, 1.165) is 54.9 Å². The Kier molecular flexibility index (Phi) is 7.87. The Balaban J connectivity index is 1.15. The average molecular weight is 607 g/mol. The molecule has 0 saturated carbocycles. The van der Waals surface area contributed by atoms with E-state index < -0.39 is 29.3 Å². The summed E-state index contributed by atoms with van der Waals surface area (Å²) in [5.41, 5.74) is 2.24. The van der Waals surface area contributed by atoms with Crippen molar-refractivity contribution in [3.63, 3.8) is 0 Å². The number of nitrogens with zero attached hydrogens (tertiary/aromatic N) is 4. The maximum absolute atomic E-state index is 15.2. The Hall–Kier alpha value is -5.04. The van der Waals surface area contributed by atoms with Gasteiger partial charge in [0, 0.05) is 53.3 Å². The van der Waals surface area contributed by atoms with Gasteiger partial charge in [0.15, 0.2) is 0 Å². The predicted molar refractivity (Wildman–Crippen MR) is 156 cm³/mol. The predicted octanol–water partition coefficient (Wildman–Crippen LogP) is 5.87. The monoisotopic (exact) mass is 606 g/mol. The number of hydrogen-bond acceptors (Lipinski definition) is 7. The Morgan fingerprint density at radius 3 is 2.50 bits per heavy atom. The number of H-pyrrole nitrogens is 1. The zero-order chi connectivity index (χ0) is 30.8.